The topological polar surface area (TPSA) is 44.8 Å². The molecule has 0 heterocycles. The van der Waals surface area contributed by atoms with Crippen LogP contribution in [0.3, 0.4) is 0 Å². The quantitative estimate of drug-likeness (QED) is 0.312. The van der Waals surface area contributed by atoms with Crippen LogP contribution in [-0.4, -0.2) is 19.7 Å². The molecule has 0 N–H and O–H groups in total. The van der Waals surface area contributed by atoms with Crippen LogP contribution in [0.25, 0.3) is 12.2 Å². The zero-order valence-corrected chi connectivity index (χ0v) is 15.9. The molecule has 0 aliphatic carbocycles. The SMILES string of the molecule is CCOc1ccccc1C(=O)Oc1ccc(/C=C/c2ccccc2)cc1OC. The van der Waals surface area contributed by atoms with Crippen LogP contribution in [0.1, 0.15) is 28.4 Å². The number of hydrogen-bond donors (Lipinski definition) is 0. The molecule has 0 aliphatic rings. The lowest BCUT2D eigenvalue weighted by Crippen LogP contribution is -2.11. The Kier molecular flexibility index (Phi) is 6.47. The fourth-order valence-corrected chi connectivity index (χ4v) is 2.70. The lowest BCUT2D eigenvalue weighted by Gasteiger charge is -2.12. The van der Waals surface area contributed by atoms with Gasteiger partial charge >= 0.3 is 5.97 Å². The van der Waals surface area contributed by atoms with E-state index in [2.05, 4.69) is 0 Å². The molecule has 142 valence electrons. The van der Waals surface area contributed by atoms with E-state index in [1.54, 1.807) is 31.4 Å². The lowest BCUT2D eigenvalue weighted by molar-refractivity contribution is 0.0725. The number of para-hydroxylation sites is 1. The number of esters is 1. The van der Waals surface area contributed by atoms with E-state index in [4.69, 9.17) is 14.2 Å². The van der Waals surface area contributed by atoms with Crippen LogP contribution < -0.4 is 14.2 Å². The number of methoxy groups -OCH3 is 1. The largest absolute Gasteiger partial charge is 0.493 e. The van der Waals surface area contributed by atoms with Crippen molar-refractivity contribution in [3.05, 3.63) is 89.5 Å². The Morgan fingerprint density at radius 1 is 0.821 bits per heavy atom. The van der Waals surface area contributed by atoms with Gasteiger partial charge in [-0.25, -0.2) is 4.79 Å². The second-order valence-electron chi connectivity index (χ2n) is 5.97. The summed E-state index contributed by atoms with van der Waals surface area (Å²) in [4.78, 5) is 12.6. The Labute approximate surface area is 165 Å². The Morgan fingerprint density at radius 2 is 1.54 bits per heavy atom. The number of ether oxygens (including phenoxy) is 3. The summed E-state index contributed by atoms with van der Waals surface area (Å²) in [6.45, 7) is 2.34. The zero-order chi connectivity index (χ0) is 19.8. The Morgan fingerprint density at radius 3 is 2.29 bits per heavy atom. The average molecular weight is 374 g/mol. The summed E-state index contributed by atoms with van der Waals surface area (Å²) in [5.41, 5.74) is 2.42. The van der Waals surface area contributed by atoms with E-state index in [-0.39, 0.29) is 0 Å². The van der Waals surface area contributed by atoms with Crippen molar-refractivity contribution in [3.8, 4) is 17.2 Å². The molecule has 0 spiro atoms. The van der Waals surface area contributed by atoms with Gasteiger partial charge in [0.15, 0.2) is 11.5 Å². The molecule has 0 fully saturated rings. The van der Waals surface area contributed by atoms with E-state index < -0.39 is 5.97 Å². The minimum Gasteiger partial charge on any atom is -0.493 e. The molecule has 0 bridgehead atoms. The number of carbonyl (C=O) groups is 1. The maximum atomic E-state index is 12.6. The predicted molar refractivity (Wildman–Crippen MR) is 111 cm³/mol. The number of rotatable bonds is 7. The second-order valence-corrected chi connectivity index (χ2v) is 5.97. The summed E-state index contributed by atoms with van der Waals surface area (Å²) in [5, 5.41) is 0. The van der Waals surface area contributed by atoms with E-state index in [1.165, 1.54) is 0 Å². The normalized spacial score (nSPS) is 10.6. The first-order chi connectivity index (χ1) is 13.7. The molecule has 0 unspecified atom stereocenters. The van der Waals surface area contributed by atoms with Crippen LogP contribution in [0.15, 0.2) is 72.8 Å². The standard InChI is InChI=1S/C24H22O4/c1-3-27-21-12-8-7-11-20(21)24(25)28-22-16-15-19(17-23(22)26-2)14-13-18-9-5-4-6-10-18/h4-17H,3H2,1-2H3/b14-13+. The van der Waals surface area contributed by atoms with Crippen molar-refractivity contribution < 1.29 is 19.0 Å². The van der Waals surface area contributed by atoms with Gasteiger partial charge in [-0.15, -0.1) is 0 Å². The summed E-state index contributed by atoms with van der Waals surface area (Å²) >= 11 is 0. The van der Waals surface area contributed by atoms with E-state index in [1.807, 2.05) is 67.6 Å². The molecule has 3 rings (SSSR count). The van der Waals surface area contributed by atoms with Gasteiger partial charge in [0, 0.05) is 0 Å². The van der Waals surface area contributed by atoms with Crippen molar-refractivity contribution in [2.45, 2.75) is 6.92 Å². The molecule has 0 radical (unpaired) electrons. The molecular formula is C24H22O4. The summed E-state index contributed by atoms with van der Waals surface area (Å²) in [5.74, 6) is 0.847. The van der Waals surface area contributed by atoms with Gasteiger partial charge in [-0.1, -0.05) is 60.7 Å². The molecule has 0 atom stereocenters. The van der Waals surface area contributed by atoms with Crippen LogP contribution in [-0.2, 0) is 0 Å². The van der Waals surface area contributed by atoms with Gasteiger partial charge in [-0.2, -0.15) is 0 Å². The highest BCUT2D eigenvalue weighted by Crippen LogP contribution is 2.30. The van der Waals surface area contributed by atoms with Gasteiger partial charge in [0.05, 0.1) is 13.7 Å². The van der Waals surface area contributed by atoms with Crippen molar-refractivity contribution in [3.63, 3.8) is 0 Å². The molecule has 0 aromatic heterocycles. The molecule has 0 saturated carbocycles. The third-order valence-corrected chi connectivity index (χ3v) is 4.06. The van der Waals surface area contributed by atoms with Gasteiger partial charge < -0.3 is 14.2 Å². The summed E-state index contributed by atoms with van der Waals surface area (Å²) in [6.07, 6.45) is 3.99. The molecule has 0 amide bonds. The molecule has 3 aromatic rings. The Bertz CT molecular complexity index is 961. The monoisotopic (exact) mass is 374 g/mol. The first-order valence-electron chi connectivity index (χ1n) is 9.06. The van der Waals surface area contributed by atoms with Crippen LogP contribution in [0.5, 0.6) is 17.2 Å². The molecule has 4 nitrogen and oxygen atoms in total. The first-order valence-corrected chi connectivity index (χ1v) is 9.06. The molecule has 28 heavy (non-hydrogen) atoms. The zero-order valence-electron chi connectivity index (χ0n) is 15.9. The summed E-state index contributed by atoms with van der Waals surface area (Å²) in [6, 6.07) is 22.5. The van der Waals surface area contributed by atoms with E-state index >= 15 is 0 Å². The fourth-order valence-electron chi connectivity index (χ4n) is 2.70. The van der Waals surface area contributed by atoms with Crippen molar-refractivity contribution in [2.75, 3.05) is 13.7 Å². The molecule has 3 aromatic carbocycles. The molecule has 0 aliphatic heterocycles. The highest BCUT2D eigenvalue weighted by Gasteiger charge is 2.16. The van der Waals surface area contributed by atoms with Gasteiger partial charge in [-0.3, -0.25) is 0 Å². The molecular weight excluding hydrogens is 352 g/mol. The third-order valence-electron chi connectivity index (χ3n) is 4.06. The summed E-state index contributed by atoms with van der Waals surface area (Å²) in [7, 11) is 1.55. The van der Waals surface area contributed by atoms with Gasteiger partial charge in [-0.05, 0) is 42.3 Å². The molecule has 4 heteroatoms. The molecule has 0 saturated heterocycles. The van der Waals surface area contributed by atoms with Crippen molar-refractivity contribution >= 4 is 18.1 Å². The van der Waals surface area contributed by atoms with Crippen molar-refractivity contribution in [2.24, 2.45) is 0 Å². The minimum absolute atomic E-state index is 0.357. The summed E-state index contributed by atoms with van der Waals surface area (Å²) < 4.78 is 16.5. The lowest BCUT2D eigenvalue weighted by atomic mass is 10.1. The third kappa shape index (κ3) is 4.80. The Hall–Kier alpha value is -3.53. The first kappa shape index (κ1) is 19.2. The Balaban J connectivity index is 1.79. The smallest absolute Gasteiger partial charge is 0.347 e. The van der Waals surface area contributed by atoms with Crippen molar-refractivity contribution in [1.82, 2.24) is 0 Å². The number of benzene rings is 3. The van der Waals surface area contributed by atoms with Gasteiger partial charge in [0.2, 0.25) is 0 Å². The fraction of sp³-hybridized carbons (Fsp3) is 0.125. The van der Waals surface area contributed by atoms with E-state index in [0.29, 0.717) is 29.4 Å². The predicted octanol–water partition coefficient (Wildman–Crippen LogP) is 5.48. The number of hydrogen-bond acceptors (Lipinski definition) is 4. The van der Waals surface area contributed by atoms with Crippen LogP contribution in [0.2, 0.25) is 0 Å². The number of carbonyl (C=O) groups excluding carboxylic acids is 1. The van der Waals surface area contributed by atoms with Crippen molar-refractivity contribution in [1.29, 1.82) is 0 Å². The highest BCUT2D eigenvalue weighted by atomic mass is 16.6. The maximum Gasteiger partial charge on any atom is 0.347 e. The average Bonchev–Trinajstić information content (AvgIpc) is 2.74. The van der Waals surface area contributed by atoms with Crippen LogP contribution >= 0.6 is 0 Å². The van der Waals surface area contributed by atoms with E-state index in [0.717, 1.165) is 11.1 Å². The second kappa shape index (κ2) is 9.42. The van der Waals surface area contributed by atoms with Gasteiger partial charge in [0.25, 0.3) is 0 Å². The van der Waals surface area contributed by atoms with Crippen LogP contribution in [0.4, 0.5) is 0 Å². The van der Waals surface area contributed by atoms with E-state index in [9.17, 15) is 4.79 Å². The van der Waals surface area contributed by atoms with Crippen LogP contribution in [0, 0.1) is 0 Å². The highest BCUT2D eigenvalue weighted by molar-refractivity contribution is 5.94. The maximum absolute atomic E-state index is 12.6. The van der Waals surface area contributed by atoms with Gasteiger partial charge in [0.1, 0.15) is 11.3 Å². The minimum atomic E-state index is -0.491.